The van der Waals surface area contributed by atoms with Crippen LogP contribution in [0.2, 0.25) is 0 Å². The molecule has 0 aliphatic carbocycles. The number of methoxy groups -OCH3 is 1. The number of hydrogen-bond acceptors (Lipinski definition) is 6. The van der Waals surface area contributed by atoms with Crippen LogP contribution in [0.15, 0.2) is 70.7 Å². The topological polar surface area (TPSA) is 91.2 Å². The third kappa shape index (κ3) is 4.90. The molecule has 1 atom stereocenters. The van der Waals surface area contributed by atoms with Crippen molar-refractivity contribution in [1.82, 2.24) is 4.72 Å². The van der Waals surface area contributed by atoms with Crippen LogP contribution in [0.1, 0.15) is 29.2 Å². The number of aryl methyl sites for hydroxylation is 2. The van der Waals surface area contributed by atoms with Gasteiger partial charge in [0.2, 0.25) is 10.0 Å². The van der Waals surface area contributed by atoms with Gasteiger partial charge in [0.1, 0.15) is 17.3 Å². The number of hydrazone groups is 1. The van der Waals surface area contributed by atoms with E-state index in [9.17, 15) is 17.9 Å². The molecule has 1 aliphatic rings. The lowest BCUT2D eigenvalue weighted by Crippen LogP contribution is -2.29. The Balaban J connectivity index is 1.62. The van der Waals surface area contributed by atoms with Crippen molar-refractivity contribution < 1.29 is 22.7 Å². The molecule has 0 radical (unpaired) electrons. The standard InChI is InChI=1S/C25H26FN3O4S/c1-16-4-7-19(26)13-25(16)34(31,32)27-15-20-14-24(18-5-9-22(33-3)10-6-18)29(28-20)23-11-8-21(30)12-17(23)2/h4-13,24,27,30H,14-15H2,1-3H3. The number of nitrogens with zero attached hydrogens (tertiary/aromatic N) is 2. The molecule has 1 aliphatic heterocycles. The van der Waals surface area contributed by atoms with Crippen molar-refractivity contribution in [2.45, 2.75) is 31.2 Å². The maximum atomic E-state index is 13.7. The first kappa shape index (κ1) is 23.7. The second-order valence-corrected chi connectivity index (χ2v) is 9.94. The Bertz CT molecular complexity index is 1340. The Morgan fingerprint density at radius 2 is 1.82 bits per heavy atom. The molecular formula is C25H26FN3O4S. The molecule has 7 nitrogen and oxygen atoms in total. The predicted octanol–water partition coefficient (Wildman–Crippen LogP) is 4.44. The lowest BCUT2D eigenvalue weighted by Gasteiger charge is -2.25. The highest BCUT2D eigenvalue weighted by molar-refractivity contribution is 7.89. The lowest BCUT2D eigenvalue weighted by molar-refractivity contribution is 0.414. The number of aromatic hydroxyl groups is 1. The van der Waals surface area contributed by atoms with Gasteiger partial charge in [-0.25, -0.2) is 17.5 Å². The average Bonchev–Trinajstić information content (AvgIpc) is 3.23. The Morgan fingerprint density at radius 1 is 1.09 bits per heavy atom. The van der Waals surface area contributed by atoms with E-state index in [1.54, 1.807) is 32.2 Å². The summed E-state index contributed by atoms with van der Waals surface area (Å²) in [5.74, 6) is 0.273. The molecular weight excluding hydrogens is 457 g/mol. The van der Waals surface area contributed by atoms with Crippen molar-refractivity contribution in [2.75, 3.05) is 18.7 Å². The van der Waals surface area contributed by atoms with Gasteiger partial charge in [-0.2, -0.15) is 5.10 Å². The minimum absolute atomic E-state index is 0.0153. The van der Waals surface area contributed by atoms with Crippen LogP contribution in [0, 0.1) is 19.7 Å². The van der Waals surface area contributed by atoms with Crippen molar-refractivity contribution in [1.29, 1.82) is 0 Å². The number of hydrogen-bond donors (Lipinski definition) is 2. The second-order valence-electron chi connectivity index (χ2n) is 8.21. The van der Waals surface area contributed by atoms with Crippen molar-refractivity contribution in [2.24, 2.45) is 5.10 Å². The van der Waals surface area contributed by atoms with Crippen molar-refractivity contribution in [3.05, 3.63) is 83.2 Å². The molecule has 0 saturated carbocycles. The fraction of sp³-hybridized carbons (Fsp3) is 0.240. The summed E-state index contributed by atoms with van der Waals surface area (Å²) in [4.78, 5) is -0.0935. The molecule has 2 N–H and O–H groups in total. The average molecular weight is 484 g/mol. The van der Waals surface area contributed by atoms with E-state index in [1.807, 2.05) is 36.2 Å². The van der Waals surface area contributed by atoms with Crippen LogP contribution < -0.4 is 14.5 Å². The van der Waals surface area contributed by atoms with E-state index < -0.39 is 15.8 Å². The molecule has 0 spiro atoms. The van der Waals surface area contributed by atoms with Gasteiger partial charge in [-0.15, -0.1) is 0 Å². The minimum Gasteiger partial charge on any atom is -0.508 e. The van der Waals surface area contributed by atoms with E-state index in [4.69, 9.17) is 9.84 Å². The predicted molar refractivity (Wildman–Crippen MR) is 129 cm³/mol. The number of sulfonamides is 1. The molecule has 0 bridgehead atoms. The van der Waals surface area contributed by atoms with Crippen molar-refractivity contribution >= 4 is 21.4 Å². The Labute approximate surface area is 198 Å². The van der Waals surface area contributed by atoms with Crippen LogP contribution in [0.4, 0.5) is 10.1 Å². The number of rotatable bonds is 7. The summed E-state index contributed by atoms with van der Waals surface area (Å²) in [6.45, 7) is 3.48. The van der Waals surface area contributed by atoms with E-state index in [0.717, 1.165) is 28.6 Å². The largest absolute Gasteiger partial charge is 0.508 e. The van der Waals surface area contributed by atoms with Crippen molar-refractivity contribution in [3.8, 4) is 11.5 Å². The summed E-state index contributed by atoms with van der Waals surface area (Å²) in [7, 11) is -2.33. The van der Waals surface area contributed by atoms with Gasteiger partial charge in [0.25, 0.3) is 0 Å². The summed E-state index contributed by atoms with van der Waals surface area (Å²) in [6, 6.07) is 16.2. The van der Waals surface area contributed by atoms with Gasteiger partial charge in [-0.1, -0.05) is 18.2 Å². The Hall–Kier alpha value is -3.43. The Morgan fingerprint density at radius 3 is 2.50 bits per heavy atom. The van der Waals surface area contributed by atoms with Crippen LogP contribution in [-0.2, 0) is 10.0 Å². The maximum Gasteiger partial charge on any atom is 0.241 e. The zero-order valence-corrected chi connectivity index (χ0v) is 19.9. The fourth-order valence-corrected chi connectivity index (χ4v) is 5.27. The molecule has 3 aromatic carbocycles. The van der Waals surface area contributed by atoms with E-state index in [-0.39, 0.29) is 23.2 Å². The first-order valence-corrected chi connectivity index (χ1v) is 12.2. The molecule has 3 aromatic rings. The van der Waals surface area contributed by atoms with Crippen LogP contribution in [0.5, 0.6) is 11.5 Å². The molecule has 0 fully saturated rings. The van der Waals surface area contributed by atoms with Crippen LogP contribution >= 0.6 is 0 Å². The second kappa shape index (κ2) is 9.44. The third-order valence-corrected chi connectivity index (χ3v) is 7.35. The molecule has 4 rings (SSSR count). The zero-order valence-electron chi connectivity index (χ0n) is 19.1. The van der Waals surface area contributed by atoms with E-state index >= 15 is 0 Å². The SMILES string of the molecule is COc1ccc(C2CC(CNS(=O)(=O)c3cc(F)ccc3C)=NN2c2ccc(O)cc2C)cc1. The van der Waals surface area contributed by atoms with Gasteiger partial charge >= 0.3 is 0 Å². The maximum absolute atomic E-state index is 13.7. The number of ether oxygens (including phenoxy) is 1. The summed E-state index contributed by atoms with van der Waals surface area (Å²) in [5, 5.41) is 16.4. The van der Waals surface area contributed by atoms with E-state index in [2.05, 4.69) is 4.72 Å². The molecule has 1 unspecified atom stereocenters. The first-order valence-electron chi connectivity index (χ1n) is 10.7. The van der Waals surface area contributed by atoms with Crippen molar-refractivity contribution in [3.63, 3.8) is 0 Å². The van der Waals surface area contributed by atoms with Gasteiger partial charge in [-0.3, -0.25) is 5.01 Å². The summed E-state index contributed by atoms with van der Waals surface area (Å²) < 4.78 is 47.2. The molecule has 0 saturated heterocycles. The number of halogens is 1. The van der Waals surface area contributed by atoms with Gasteiger partial charge < -0.3 is 9.84 Å². The number of anilines is 1. The number of phenols is 1. The number of phenolic OH excluding ortho intramolecular Hbond substituents is 1. The lowest BCUT2D eigenvalue weighted by atomic mass is 10.0. The first-order chi connectivity index (χ1) is 16.2. The third-order valence-electron chi connectivity index (χ3n) is 5.81. The number of nitrogens with one attached hydrogen (secondary N) is 1. The highest BCUT2D eigenvalue weighted by Gasteiger charge is 2.31. The highest BCUT2D eigenvalue weighted by Crippen LogP contribution is 2.38. The molecule has 0 aromatic heterocycles. The van der Waals surface area contributed by atoms with Gasteiger partial charge in [0.15, 0.2) is 0 Å². The highest BCUT2D eigenvalue weighted by atomic mass is 32.2. The van der Waals surface area contributed by atoms with Crippen LogP contribution in [-0.4, -0.2) is 32.9 Å². The number of benzene rings is 3. The normalized spacial score (nSPS) is 15.9. The fourth-order valence-electron chi connectivity index (χ4n) is 4.00. The summed E-state index contributed by atoms with van der Waals surface area (Å²) in [6.07, 6.45) is 0.483. The molecule has 9 heteroatoms. The summed E-state index contributed by atoms with van der Waals surface area (Å²) >= 11 is 0. The van der Waals surface area contributed by atoms with E-state index in [1.165, 1.54) is 12.1 Å². The Kier molecular flexibility index (Phi) is 6.58. The molecule has 178 valence electrons. The monoisotopic (exact) mass is 483 g/mol. The quantitative estimate of drug-likeness (QED) is 0.518. The smallest absolute Gasteiger partial charge is 0.241 e. The van der Waals surface area contributed by atoms with Gasteiger partial charge in [0.05, 0.1) is 36.0 Å². The minimum atomic E-state index is -3.93. The molecule has 0 amide bonds. The molecule has 1 heterocycles. The molecule has 34 heavy (non-hydrogen) atoms. The van der Waals surface area contributed by atoms with Gasteiger partial charge in [0, 0.05) is 6.42 Å². The van der Waals surface area contributed by atoms with Gasteiger partial charge in [-0.05, 0) is 73.0 Å². The van der Waals surface area contributed by atoms with E-state index in [0.29, 0.717) is 17.7 Å². The van der Waals surface area contributed by atoms with Crippen LogP contribution in [0.25, 0.3) is 0 Å². The zero-order chi connectivity index (χ0) is 24.5. The summed E-state index contributed by atoms with van der Waals surface area (Å²) in [5.41, 5.74) is 3.71. The van der Waals surface area contributed by atoms with Crippen LogP contribution in [0.3, 0.4) is 0 Å².